The van der Waals surface area contributed by atoms with E-state index in [0.717, 1.165) is 10.9 Å². The number of fused-ring (bicyclic) bond motifs is 1. The average Bonchev–Trinajstić information content (AvgIpc) is 3.24. The number of aromatic amines is 1. The predicted octanol–water partition coefficient (Wildman–Crippen LogP) is -2.14. The Balaban J connectivity index is 2.30. The molecule has 0 aliphatic rings. The van der Waals surface area contributed by atoms with E-state index in [4.69, 9.17) is 16.6 Å². The number of hydrogen-bond acceptors (Lipinski definition) is 8. The van der Waals surface area contributed by atoms with Crippen LogP contribution in [0.15, 0.2) is 30.5 Å². The Morgan fingerprint density at radius 2 is 1.49 bits per heavy atom. The number of thiol groups is 1. The number of primary amides is 1. The minimum Gasteiger partial charge on any atom is -0.481 e. The monoisotopic (exact) mass is 536 g/mol. The third kappa shape index (κ3) is 8.50. The summed E-state index contributed by atoms with van der Waals surface area (Å²) in [5.74, 6) is -6.88. The highest BCUT2D eigenvalue weighted by molar-refractivity contribution is 7.80. The molecule has 2 rings (SSSR count). The first kappa shape index (κ1) is 29.1. The van der Waals surface area contributed by atoms with Gasteiger partial charge in [-0.2, -0.15) is 12.6 Å². The summed E-state index contributed by atoms with van der Waals surface area (Å²) in [7, 11) is 0. The Hall–Kier alpha value is -4.11. The smallest absolute Gasteiger partial charge is 0.326 e. The van der Waals surface area contributed by atoms with Crippen molar-refractivity contribution in [2.45, 2.75) is 43.4 Å². The number of aromatic nitrogens is 1. The van der Waals surface area contributed by atoms with Crippen molar-refractivity contribution in [3.8, 4) is 0 Å². The molecule has 15 heteroatoms. The molecule has 1 heterocycles. The molecule has 10 N–H and O–H groups in total. The molecule has 200 valence electrons. The van der Waals surface area contributed by atoms with E-state index in [0.29, 0.717) is 5.56 Å². The van der Waals surface area contributed by atoms with Gasteiger partial charge in [0.25, 0.3) is 0 Å². The Morgan fingerprint density at radius 1 is 0.892 bits per heavy atom. The highest BCUT2D eigenvalue weighted by Gasteiger charge is 2.32. The van der Waals surface area contributed by atoms with Crippen LogP contribution in [0.25, 0.3) is 10.9 Å². The van der Waals surface area contributed by atoms with E-state index in [1.165, 1.54) is 0 Å². The second-order valence-electron chi connectivity index (χ2n) is 8.14. The molecule has 4 amide bonds. The van der Waals surface area contributed by atoms with Crippen molar-refractivity contribution in [3.63, 3.8) is 0 Å². The summed E-state index contributed by atoms with van der Waals surface area (Å²) in [6, 6.07) is 1.42. The van der Waals surface area contributed by atoms with E-state index in [9.17, 15) is 33.9 Å². The lowest BCUT2D eigenvalue weighted by Crippen LogP contribution is -2.58. The summed E-state index contributed by atoms with van der Waals surface area (Å²) >= 11 is 3.97. The van der Waals surface area contributed by atoms with E-state index in [2.05, 4.69) is 28.2 Å². The lowest BCUT2D eigenvalue weighted by atomic mass is 10.0. The second kappa shape index (κ2) is 13.3. The molecule has 0 spiro atoms. The van der Waals surface area contributed by atoms with Crippen molar-refractivity contribution < 1.29 is 39.0 Å². The van der Waals surface area contributed by atoms with E-state index in [1.54, 1.807) is 18.3 Å². The number of nitrogens with two attached hydrogens (primary N) is 2. The second-order valence-corrected chi connectivity index (χ2v) is 8.51. The quantitative estimate of drug-likeness (QED) is 0.119. The van der Waals surface area contributed by atoms with Crippen LogP contribution in [-0.2, 0) is 35.2 Å². The van der Waals surface area contributed by atoms with Gasteiger partial charge in [0.05, 0.1) is 18.9 Å². The first-order valence-corrected chi connectivity index (χ1v) is 11.6. The molecule has 0 aliphatic carbocycles. The third-order valence-corrected chi connectivity index (χ3v) is 5.69. The van der Waals surface area contributed by atoms with Crippen molar-refractivity contribution in [3.05, 3.63) is 36.0 Å². The van der Waals surface area contributed by atoms with Crippen LogP contribution in [0.3, 0.4) is 0 Å². The third-order valence-electron chi connectivity index (χ3n) is 5.30. The molecule has 37 heavy (non-hydrogen) atoms. The topological polar surface area (TPSA) is 247 Å². The normalized spacial score (nSPS) is 14.1. The minimum absolute atomic E-state index is 0.0138. The van der Waals surface area contributed by atoms with Crippen molar-refractivity contribution >= 4 is 59.1 Å². The summed E-state index contributed by atoms with van der Waals surface area (Å²) in [6.45, 7) is 0. The molecule has 0 radical (unpaired) electrons. The summed E-state index contributed by atoms with van der Waals surface area (Å²) in [5.41, 5.74) is 12.3. The summed E-state index contributed by atoms with van der Waals surface area (Å²) < 4.78 is 0. The van der Waals surface area contributed by atoms with Gasteiger partial charge in [-0.15, -0.1) is 0 Å². The number of benzene rings is 1. The Kier molecular flexibility index (Phi) is 10.4. The lowest BCUT2D eigenvalue weighted by Gasteiger charge is -2.24. The van der Waals surface area contributed by atoms with Crippen LogP contribution in [0.4, 0.5) is 0 Å². The summed E-state index contributed by atoms with van der Waals surface area (Å²) in [5, 5.41) is 25.6. The van der Waals surface area contributed by atoms with Crippen LogP contribution < -0.4 is 27.4 Å². The van der Waals surface area contributed by atoms with E-state index >= 15 is 0 Å². The number of H-pyrrole nitrogens is 1. The first-order valence-electron chi connectivity index (χ1n) is 11.0. The van der Waals surface area contributed by atoms with Gasteiger partial charge < -0.3 is 42.6 Å². The van der Waals surface area contributed by atoms with Crippen molar-refractivity contribution in [2.75, 3.05) is 5.75 Å². The predicted molar refractivity (Wildman–Crippen MR) is 133 cm³/mol. The number of rotatable bonds is 14. The van der Waals surface area contributed by atoms with E-state index in [1.807, 2.05) is 17.4 Å². The lowest BCUT2D eigenvalue weighted by molar-refractivity contribution is -0.147. The number of carbonyl (C=O) groups excluding carboxylic acids is 4. The fourth-order valence-electron chi connectivity index (χ4n) is 3.42. The molecule has 1 aromatic heterocycles. The fourth-order valence-corrected chi connectivity index (χ4v) is 3.59. The Morgan fingerprint density at radius 3 is 2.08 bits per heavy atom. The maximum atomic E-state index is 13.2. The number of para-hydroxylation sites is 1. The first-order chi connectivity index (χ1) is 17.4. The van der Waals surface area contributed by atoms with Crippen LogP contribution in [0.2, 0.25) is 0 Å². The number of amides is 4. The van der Waals surface area contributed by atoms with Gasteiger partial charge in [-0.05, 0) is 11.6 Å². The minimum atomic E-state index is -1.83. The van der Waals surface area contributed by atoms with Gasteiger partial charge in [0, 0.05) is 29.3 Å². The zero-order chi connectivity index (χ0) is 27.7. The largest absolute Gasteiger partial charge is 0.481 e. The molecule has 1 aromatic carbocycles. The summed E-state index contributed by atoms with van der Waals surface area (Å²) in [6.07, 6.45) is -0.0603. The van der Waals surface area contributed by atoms with Gasteiger partial charge in [-0.25, -0.2) is 4.79 Å². The van der Waals surface area contributed by atoms with Gasteiger partial charge in [0.2, 0.25) is 23.6 Å². The fraction of sp³-hybridized carbons (Fsp3) is 0.364. The molecule has 2 aromatic rings. The van der Waals surface area contributed by atoms with Gasteiger partial charge >= 0.3 is 11.9 Å². The van der Waals surface area contributed by atoms with Crippen LogP contribution in [-0.4, -0.2) is 80.7 Å². The van der Waals surface area contributed by atoms with Gasteiger partial charge in [0.1, 0.15) is 18.1 Å². The molecule has 0 saturated heterocycles. The molecule has 14 nitrogen and oxygen atoms in total. The van der Waals surface area contributed by atoms with E-state index < -0.39 is 72.6 Å². The number of carboxylic acid groups (broad SMARTS) is 2. The van der Waals surface area contributed by atoms with Crippen LogP contribution >= 0.6 is 12.6 Å². The molecular formula is C22H28N6O8S. The highest BCUT2D eigenvalue weighted by atomic mass is 32.1. The molecule has 0 fully saturated rings. The maximum Gasteiger partial charge on any atom is 0.326 e. The summed E-state index contributed by atoms with van der Waals surface area (Å²) in [4.78, 5) is 75.2. The Labute approximate surface area is 215 Å². The standard InChI is InChI=1S/C22H28N6O8S/c23-12(9-37)19(32)26-14(5-10-8-25-13-4-2-1-3-11(10)13)20(33)27-15(6-17(24)29)21(34)28-16(22(35)36)7-18(30)31/h1-4,8,12,14-16,25,37H,5-7,9,23H2,(H2,24,29)(H,26,32)(H,27,33)(H,28,34)(H,30,31)(H,35,36). The number of hydrogen-bond donors (Lipinski definition) is 9. The van der Waals surface area contributed by atoms with Crippen LogP contribution in [0.5, 0.6) is 0 Å². The highest BCUT2D eigenvalue weighted by Crippen LogP contribution is 2.19. The maximum absolute atomic E-state index is 13.2. The van der Waals surface area contributed by atoms with Gasteiger partial charge in [-0.3, -0.25) is 24.0 Å². The van der Waals surface area contributed by atoms with E-state index in [-0.39, 0.29) is 12.2 Å². The Bertz CT molecular complexity index is 1180. The molecule has 0 aliphatic heterocycles. The van der Waals surface area contributed by atoms with Crippen molar-refractivity contribution in [1.82, 2.24) is 20.9 Å². The number of carbonyl (C=O) groups is 6. The molecule has 4 unspecified atom stereocenters. The SMILES string of the molecule is NC(=O)CC(NC(=O)C(Cc1c[nH]c2ccccc12)NC(=O)C(N)CS)C(=O)NC(CC(=O)O)C(=O)O. The van der Waals surface area contributed by atoms with Gasteiger partial charge in [0.15, 0.2) is 0 Å². The molecule has 0 saturated carbocycles. The zero-order valence-electron chi connectivity index (χ0n) is 19.5. The van der Waals surface area contributed by atoms with Crippen molar-refractivity contribution in [1.29, 1.82) is 0 Å². The number of nitrogens with one attached hydrogen (secondary N) is 4. The van der Waals surface area contributed by atoms with Crippen LogP contribution in [0.1, 0.15) is 18.4 Å². The van der Waals surface area contributed by atoms with Crippen molar-refractivity contribution in [2.24, 2.45) is 11.5 Å². The average molecular weight is 537 g/mol. The number of aliphatic carboxylic acids is 2. The molecule has 4 atom stereocenters. The van der Waals surface area contributed by atoms with Gasteiger partial charge in [-0.1, -0.05) is 18.2 Å². The molecule has 0 bridgehead atoms. The number of carboxylic acids is 2. The van der Waals surface area contributed by atoms with Crippen LogP contribution in [0, 0.1) is 0 Å². The molecular weight excluding hydrogens is 508 g/mol. The zero-order valence-corrected chi connectivity index (χ0v) is 20.4.